The molecular formula is C14H20BrN3O2. The van der Waals surface area contributed by atoms with Gasteiger partial charge < -0.3 is 15.8 Å². The van der Waals surface area contributed by atoms with E-state index in [-0.39, 0.29) is 5.91 Å². The number of nitrogen functional groups attached to an aromatic ring is 1. The Balaban J connectivity index is 1.94. The number of benzene rings is 1. The van der Waals surface area contributed by atoms with E-state index < -0.39 is 0 Å². The summed E-state index contributed by atoms with van der Waals surface area (Å²) >= 11 is 3.40. The van der Waals surface area contributed by atoms with E-state index in [1.807, 2.05) is 0 Å². The third kappa shape index (κ3) is 3.94. The Kier molecular flexibility index (Phi) is 5.39. The lowest BCUT2D eigenvalue weighted by Gasteiger charge is -2.34. The van der Waals surface area contributed by atoms with Gasteiger partial charge in [0.1, 0.15) is 0 Å². The Morgan fingerprint density at radius 1 is 1.60 bits per heavy atom. The molecule has 0 aliphatic carbocycles. The number of halogens is 1. The largest absolute Gasteiger partial charge is 0.399 e. The number of rotatable bonds is 4. The highest BCUT2D eigenvalue weighted by molar-refractivity contribution is 9.10. The fraction of sp³-hybridized carbons (Fsp3) is 0.500. The van der Waals surface area contributed by atoms with Gasteiger partial charge in [0.05, 0.1) is 25.4 Å². The summed E-state index contributed by atoms with van der Waals surface area (Å²) in [6.45, 7) is 4.69. The molecule has 5 nitrogen and oxygen atoms in total. The van der Waals surface area contributed by atoms with Crippen molar-refractivity contribution >= 4 is 33.2 Å². The molecule has 1 unspecified atom stereocenters. The van der Waals surface area contributed by atoms with Gasteiger partial charge >= 0.3 is 0 Å². The summed E-state index contributed by atoms with van der Waals surface area (Å²) in [4.78, 5) is 14.3. The number of hydrogen-bond acceptors (Lipinski definition) is 4. The number of nitrogens with two attached hydrogens (primary N) is 1. The molecule has 6 heteroatoms. The van der Waals surface area contributed by atoms with E-state index in [0.717, 1.165) is 23.1 Å². The van der Waals surface area contributed by atoms with Gasteiger partial charge in [0.2, 0.25) is 5.91 Å². The first-order valence-corrected chi connectivity index (χ1v) is 7.56. The molecule has 2 rings (SSSR count). The molecular weight excluding hydrogens is 322 g/mol. The van der Waals surface area contributed by atoms with Gasteiger partial charge in [-0.2, -0.15) is 0 Å². The van der Waals surface area contributed by atoms with Crippen molar-refractivity contribution < 1.29 is 9.53 Å². The SMILES string of the molecule is CCC1COCCN1CC(=O)Nc1ccc(N)cc1Br. The van der Waals surface area contributed by atoms with Crippen LogP contribution >= 0.6 is 15.9 Å². The number of carbonyl (C=O) groups is 1. The third-order valence-corrected chi connectivity index (χ3v) is 4.09. The molecule has 1 saturated heterocycles. The zero-order valence-electron chi connectivity index (χ0n) is 11.6. The predicted molar refractivity (Wildman–Crippen MR) is 83.7 cm³/mol. The van der Waals surface area contributed by atoms with Crippen LogP contribution in [-0.4, -0.2) is 43.2 Å². The summed E-state index contributed by atoms with van der Waals surface area (Å²) < 4.78 is 6.23. The van der Waals surface area contributed by atoms with Crippen molar-refractivity contribution in [3.05, 3.63) is 22.7 Å². The molecule has 1 aliphatic rings. The molecule has 110 valence electrons. The Morgan fingerprint density at radius 2 is 2.40 bits per heavy atom. The molecule has 0 aromatic heterocycles. The minimum atomic E-state index is -0.0178. The molecule has 1 atom stereocenters. The molecule has 20 heavy (non-hydrogen) atoms. The van der Waals surface area contributed by atoms with Crippen LogP contribution in [0.1, 0.15) is 13.3 Å². The Morgan fingerprint density at radius 3 is 3.10 bits per heavy atom. The van der Waals surface area contributed by atoms with Crippen molar-refractivity contribution in [1.29, 1.82) is 0 Å². The molecule has 1 amide bonds. The van der Waals surface area contributed by atoms with Gasteiger partial charge in [-0.25, -0.2) is 0 Å². The average molecular weight is 342 g/mol. The number of morpholine rings is 1. The zero-order chi connectivity index (χ0) is 14.5. The van der Waals surface area contributed by atoms with Crippen LogP contribution in [0, 0.1) is 0 Å². The first-order valence-electron chi connectivity index (χ1n) is 6.76. The molecule has 0 saturated carbocycles. The van der Waals surface area contributed by atoms with E-state index in [4.69, 9.17) is 10.5 Å². The van der Waals surface area contributed by atoms with Crippen molar-refractivity contribution in [2.24, 2.45) is 0 Å². The fourth-order valence-corrected chi connectivity index (χ4v) is 2.78. The van der Waals surface area contributed by atoms with Gasteiger partial charge in [0.15, 0.2) is 0 Å². The maximum Gasteiger partial charge on any atom is 0.238 e. The van der Waals surface area contributed by atoms with Crippen molar-refractivity contribution in [2.75, 3.05) is 37.4 Å². The van der Waals surface area contributed by atoms with Crippen molar-refractivity contribution in [3.8, 4) is 0 Å². The van der Waals surface area contributed by atoms with Crippen molar-refractivity contribution in [2.45, 2.75) is 19.4 Å². The number of nitrogens with one attached hydrogen (secondary N) is 1. The van der Waals surface area contributed by atoms with Crippen LogP contribution in [0.5, 0.6) is 0 Å². The highest BCUT2D eigenvalue weighted by atomic mass is 79.9. The molecule has 1 aromatic rings. The Bertz CT molecular complexity index is 481. The fourth-order valence-electron chi connectivity index (χ4n) is 2.28. The summed E-state index contributed by atoms with van der Waals surface area (Å²) in [5.41, 5.74) is 7.08. The molecule has 1 aliphatic heterocycles. The van der Waals surface area contributed by atoms with Gasteiger partial charge in [-0.3, -0.25) is 9.69 Å². The van der Waals surface area contributed by atoms with E-state index in [1.165, 1.54) is 0 Å². The molecule has 0 bridgehead atoms. The van der Waals surface area contributed by atoms with Gasteiger partial charge in [0.25, 0.3) is 0 Å². The van der Waals surface area contributed by atoms with Crippen molar-refractivity contribution in [1.82, 2.24) is 4.90 Å². The third-order valence-electron chi connectivity index (χ3n) is 3.43. The smallest absolute Gasteiger partial charge is 0.238 e. The first-order chi connectivity index (χ1) is 9.60. The van der Waals surface area contributed by atoms with Gasteiger partial charge in [-0.1, -0.05) is 6.92 Å². The van der Waals surface area contributed by atoms with Crippen molar-refractivity contribution in [3.63, 3.8) is 0 Å². The minimum Gasteiger partial charge on any atom is -0.399 e. The van der Waals surface area contributed by atoms with Gasteiger partial charge in [-0.05, 0) is 40.5 Å². The summed E-state index contributed by atoms with van der Waals surface area (Å²) in [7, 11) is 0. The van der Waals surface area contributed by atoms with Crippen LogP contribution in [0.2, 0.25) is 0 Å². The molecule has 1 heterocycles. The van der Waals surface area contributed by atoms with E-state index in [2.05, 4.69) is 33.1 Å². The number of nitrogens with zero attached hydrogens (tertiary/aromatic N) is 1. The standard InChI is InChI=1S/C14H20BrN3O2/c1-2-11-9-20-6-5-18(11)8-14(19)17-13-4-3-10(16)7-12(13)15/h3-4,7,11H,2,5-6,8-9,16H2,1H3,(H,17,19). The summed E-state index contributed by atoms with van der Waals surface area (Å²) in [6.07, 6.45) is 0.985. The number of carbonyl (C=O) groups excluding carboxylic acids is 1. The summed E-state index contributed by atoms with van der Waals surface area (Å²) in [5, 5.41) is 2.91. The summed E-state index contributed by atoms with van der Waals surface area (Å²) in [5.74, 6) is -0.0178. The monoisotopic (exact) mass is 341 g/mol. The highest BCUT2D eigenvalue weighted by Gasteiger charge is 2.23. The average Bonchev–Trinajstić information content (AvgIpc) is 2.42. The summed E-state index contributed by atoms with van der Waals surface area (Å²) in [6, 6.07) is 5.67. The molecule has 0 spiro atoms. The number of ether oxygens (including phenoxy) is 1. The maximum absolute atomic E-state index is 12.1. The Labute approximate surface area is 127 Å². The van der Waals surface area contributed by atoms with E-state index in [0.29, 0.717) is 31.5 Å². The Hall–Kier alpha value is -1.11. The molecule has 1 fully saturated rings. The quantitative estimate of drug-likeness (QED) is 0.822. The zero-order valence-corrected chi connectivity index (χ0v) is 13.1. The van der Waals surface area contributed by atoms with E-state index in [9.17, 15) is 4.79 Å². The second-order valence-corrected chi connectivity index (χ2v) is 5.75. The highest BCUT2D eigenvalue weighted by Crippen LogP contribution is 2.24. The molecule has 3 N–H and O–H groups in total. The van der Waals surface area contributed by atoms with Crippen LogP contribution in [0.25, 0.3) is 0 Å². The number of amides is 1. The van der Waals surface area contributed by atoms with Gasteiger partial charge in [-0.15, -0.1) is 0 Å². The van der Waals surface area contributed by atoms with Crippen LogP contribution in [0.3, 0.4) is 0 Å². The van der Waals surface area contributed by atoms with Crippen LogP contribution in [0.4, 0.5) is 11.4 Å². The lowest BCUT2D eigenvalue weighted by molar-refractivity contribution is -0.119. The molecule has 0 radical (unpaired) electrons. The van der Waals surface area contributed by atoms with E-state index >= 15 is 0 Å². The topological polar surface area (TPSA) is 67.6 Å². The van der Waals surface area contributed by atoms with Crippen LogP contribution in [-0.2, 0) is 9.53 Å². The molecule has 1 aromatic carbocycles. The lowest BCUT2D eigenvalue weighted by atomic mass is 10.2. The normalized spacial score (nSPS) is 19.8. The number of anilines is 2. The number of hydrogen-bond donors (Lipinski definition) is 2. The van der Waals surface area contributed by atoms with Crippen LogP contribution < -0.4 is 11.1 Å². The van der Waals surface area contributed by atoms with E-state index in [1.54, 1.807) is 18.2 Å². The first kappa shape index (κ1) is 15.3. The van der Waals surface area contributed by atoms with Crippen LogP contribution in [0.15, 0.2) is 22.7 Å². The maximum atomic E-state index is 12.1. The predicted octanol–water partition coefficient (Wildman–Crippen LogP) is 2.08. The second kappa shape index (κ2) is 7.06. The van der Waals surface area contributed by atoms with Gasteiger partial charge in [0, 0.05) is 22.7 Å². The lowest BCUT2D eigenvalue weighted by Crippen LogP contribution is -2.48. The second-order valence-electron chi connectivity index (χ2n) is 4.89. The minimum absolute atomic E-state index is 0.0178.